The smallest absolute Gasteiger partial charge is 0.0317 e. The van der Waals surface area contributed by atoms with Crippen molar-refractivity contribution in [3.05, 3.63) is 0 Å². The highest BCUT2D eigenvalue weighted by Crippen LogP contribution is 2.35. The van der Waals surface area contributed by atoms with Crippen LogP contribution in [-0.4, -0.2) is 34.6 Å². The lowest BCUT2D eigenvalue weighted by Gasteiger charge is -2.36. The van der Waals surface area contributed by atoms with Gasteiger partial charge in [-0.2, -0.15) is 23.5 Å². The van der Waals surface area contributed by atoms with Crippen molar-refractivity contribution in [2.45, 2.75) is 63.5 Å². The molecule has 1 rings (SSSR count). The molecular formula is C14H29NS2. The first kappa shape index (κ1) is 15.7. The zero-order chi connectivity index (χ0) is 12.7. The molecule has 0 bridgehead atoms. The minimum Gasteiger partial charge on any atom is -0.313 e. The zero-order valence-corrected chi connectivity index (χ0v) is 13.5. The lowest BCUT2D eigenvalue weighted by Crippen LogP contribution is -2.45. The van der Waals surface area contributed by atoms with Crippen molar-refractivity contribution in [1.29, 1.82) is 0 Å². The number of thioether (sulfide) groups is 2. The predicted octanol–water partition coefficient (Wildman–Crippen LogP) is 4.03. The molecule has 1 fully saturated rings. The first-order chi connectivity index (χ1) is 8.19. The van der Waals surface area contributed by atoms with Gasteiger partial charge in [-0.3, -0.25) is 0 Å². The topological polar surface area (TPSA) is 12.0 Å². The minimum atomic E-state index is 0.717. The highest BCUT2D eigenvalue weighted by molar-refractivity contribution is 8.07. The molecule has 4 unspecified atom stereocenters. The quantitative estimate of drug-likeness (QED) is 0.753. The van der Waals surface area contributed by atoms with Crippen molar-refractivity contribution in [2.24, 2.45) is 5.92 Å². The van der Waals surface area contributed by atoms with Crippen LogP contribution in [0, 0.1) is 5.92 Å². The van der Waals surface area contributed by atoms with Gasteiger partial charge in [0.15, 0.2) is 0 Å². The third kappa shape index (κ3) is 5.44. The Morgan fingerprint density at radius 2 is 1.94 bits per heavy atom. The molecule has 1 aliphatic rings. The average molecular weight is 276 g/mol. The van der Waals surface area contributed by atoms with E-state index in [9.17, 15) is 0 Å². The van der Waals surface area contributed by atoms with Crippen LogP contribution in [0.2, 0.25) is 0 Å². The molecule has 0 aliphatic carbocycles. The lowest BCUT2D eigenvalue weighted by atomic mass is 9.94. The van der Waals surface area contributed by atoms with Gasteiger partial charge >= 0.3 is 0 Å². The molecule has 1 aliphatic heterocycles. The molecule has 0 aromatic rings. The summed E-state index contributed by atoms with van der Waals surface area (Å²) in [7, 11) is 0. The number of nitrogens with one attached hydrogen (secondary N) is 1. The third-order valence-corrected chi connectivity index (χ3v) is 6.79. The largest absolute Gasteiger partial charge is 0.313 e. The van der Waals surface area contributed by atoms with E-state index in [1.165, 1.54) is 30.8 Å². The van der Waals surface area contributed by atoms with E-state index in [0.29, 0.717) is 6.04 Å². The van der Waals surface area contributed by atoms with E-state index in [1.54, 1.807) is 0 Å². The molecule has 1 saturated heterocycles. The first-order valence-electron chi connectivity index (χ1n) is 7.15. The van der Waals surface area contributed by atoms with Crippen molar-refractivity contribution in [3.8, 4) is 0 Å². The van der Waals surface area contributed by atoms with E-state index in [4.69, 9.17) is 0 Å². The highest BCUT2D eigenvalue weighted by Gasteiger charge is 2.30. The SMILES string of the molecule is CCCC(C)CC(NCC)C1SCCSC1C. The molecule has 0 aromatic carbocycles. The van der Waals surface area contributed by atoms with E-state index in [0.717, 1.165) is 23.0 Å². The molecule has 17 heavy (non-hydrogen) atoms. The molecule has 1 heterocycles. The fourth-order valence-corrected chi connectivity index (χ4v) is 5.71. The lowest BCUT2D eigenvalue weighted by molar-refractivity contribution is 0.378. The van der Waals surface area contributed by atoms with Crippen LogP contribution in [0.4, 0.5) is 0 Å². The Bertz CT molecular complexity index is 199. The van der Waals surface area contributed by atoms with Crippen LogP contribution in [0.15, 0.2) is 0 Å². The maximum atomic E-state index is 3.74. The van der Waals surface area contributed by atoms with Gasteiger partial charge in [0.05, 0.1) is 0 Å². The van der Waals surface area contributed by atoms with Crippen LogP contribution >= 0.6 is 23.5 Å². The van der Waals surface area contributed by atoms with Gasteiger partial charge in [-0.25, -0.2) is 0 Å². The van der Waals surface area contributed by atoms with Crippen molar-refractivity contribution >= 4 is 23.5 Å². The molecule has 4 atom stereocenters. The fraction of sp³-hybridized carbons (Fsp3) is 1.00. The summed E-state index contributed by atoms with van der Waals surface area (Å²) in [6.45, 7) is 10.5. The van der Waals surface area contributed by atoms with Gasteiger partial charge in [-0.15, -0.1) is 0 Å². The Labute approximate surface area is 116 Å². The predicted molar refractivity (Wildman–Crippen MR) is 84.3 cm³/mol. The maximum Gasteiger partial charge on any atom is 0.0317 e. The van der Waals surface area contributed by atoms with Gasteiger partial charge in [0.25, 0.3) is 0 Å². The molecule has 0 spiro atoms. The summed E-state index contributed by atoms with van der Waals surface area (Å²) in [6, 6.07) is 0.717. The van der Waals surface area contributed by atoms with Gasteiger partial charge in [0, 0.05) is 28.0 Å². The van der Waals surface area contributed by atoms with Crippen molar-refractivity contribution in [3.63, 3.8) is 0 Å². The molecule has 102 valence electrons. The second-order valence-electron chi connectivity index (χ2n) is 5.21. The molecule has 0 aromatic heterocycles. The summed E-state index contributed by atoms with van der Waals surface area (Å²) in [4.78, 5) is 0. The zero-order valence-electron chi connectivity index (χ0n) is 11.9. The summed E-state index contributed by atoms with van der Waals surface area (Å²) in [6.07, 6.45) is 4.05. The first-order valence-corrected chi connectivity index (χ1v) is 9.25. The van der Waals surface area contributed by atoms with Gasteiger partial charge in [0.1, 0.15) is 0 Å². The van der Waals surface area contributed by atoms with E-state index in [-0.39, 0.29) is 0 Å². The van der Waals surface area contributed by atoms with Crippen LogP contribution in [0.3, 0.4) is 0 Å². The van der Waals surface area contributed by atoms with Crippen LogP contribution in [0.5, 0.6) is 0 Å². The summed E-state index contributed by atoms with van der Waals surface area (Å²) >= 11 is 4.36. The Morgan fingerprint density at radius 1 is 1.24 bits per heavy atom. The molecule has 0 radical (unpaired) electrons. The summed E-state index contributed by atoms with van der Waals surface area (Å²) in [5, 5.41) is 5.36. The van der Waals surface area contributed by atoms with E-state index >= 15 is 0 Å². The minimum absolute atomic E-state index is 0.717. The molecular weight excluding hydrogens is 246 g/mol. The molecule has 3 heteroatoms. The van der Waals surface area contributed by atoms with Crippen LogP contribution in [-0.2, 0) is 0 Å². The third-order valence-electron chi connectivity index (χ3n) is 3.54. The Kier molecular flexibility index (Phi) is 8.05. The number of hydrogen-bond donors (Lipinski definition) is 1. The molecule has 1 nitrogen and oxygen atoms in total. The summed E-state index contributed by atoms with van der Waals surface area (Å²) in [5.41, 5.74) is 0. The average Bonchev–Trinajstić information content (AvgIpc) is 2.29. The normalized spacial score (nSPS) is 28.9. The molecule has 0 saturated carbocycles. The van der Waals surface area contributed by atoms with Crippen molar-refractivity contribution in [2.75, 3.05) is 18.1 Å². The van der Waals surface area contributed by atoms with Gasteiger partial charge in [-0.05, 0) is 18.9 Å². The van der Waals surface area contributed by atoms with Crippen LogP contribution < -0.4 is 5.32 Å². The van der Waals surface area contributed by atoms with E-state index < -0.39 is 0 Å². The second kappa shape index (κ2) is 8.71. The second-order valence-corrected chi connectivity index (χ2v) is 7.98. The van der Waals surface area contributed by atoms with Gasteiger partial charge in [0.2, 0.25) is 0 Å². The summed E-state index contributed by atoms with van der Waals surface area (Å²) < 4.78 is 0. The van der Waals surface area contributed by atoms with Crippen LogP contribution in [0.25, 0.3) is 0 Å². The number of hydrogen-bond acceptors (Lipinski definition) is 3. The van der Waals surface area contributed by atoms with E-state index in [1.807, 2.05) is 0 Å². The number of rotatable bonds is 7. The Hall–Kier alpha value is 0.660. The summed E-state index contributed by atoms with van der Waals surface area (Å²) in [5.74, 6) is 3.54. The molecule has 0 amide bonds. The standard InChI is InChI=1S/C14H29NS2/c1-5-7-11(3)10-13(15-6-2)14-12(4)16-8-9-17-14/h11-15H,5-10H2,1-4H3. The monoisotopic (exact) mass is 275 g/mol. The van der Waals surface area contributed by atoms with Crippen molar-refractivity contribution < 1.29 is 0 Å². The molecule has 1 N–H and O–H groups in total. The maximum absolute atomic E-state index is 3.74. The van der Waals surface area contributed by atoms with Crippen molar-refractivity contribution in [1.82, 2.24) is 5.32 Å². The van der Waals surface area contributed by atoms with Gasteiger partial charge < -0.3 is 5.32 Å². The fourth-order valence-electron chi connectivity index (χ4n) is 2.73. The highest BCUT2D eigenvalue weighted by atomic mass is 32.2. The Morgan fingerprint density at radius 3 is 2.53 bits per heavy atom. The Balaban J connectivity index is 2.50. The van der Waals surface area contributed by atoms with Crippen LogP contribution in [0.1, 0.15) is 47.0 Å². The van der Waals surface area contributed by atoms with E-state index in [2.05, 4.69) is 56.5 Å². The van der Waals surface area contributed by atoms with Gasteiger partial charge in [-0.1, -0.05) is 40.5 Å².